The van der Waals surface area contributed by atoms with E-state index in [1.165, 1.54) is 12.3 Å². The molecule has 0 radical (unpaired) electrons. The molecule has 1 aromatic heterocycles. The lowest BCUT2D eigenvalue weighted by Crippen LogP contribution is -2.00. The molecule has 0 aliphatic carbocycles. The number of aromatic carboxylic acids is 1. The molecule has 4 nitrogen and oxygen atoms in total. The van der Waals surface area contributed by atoms with Gasteiger partial charge in [0.15, 0.2) is 0 Å². The number of halogens is 1. The van der Waals surface area contributed by atoms with Crippen molar-refractivity contribution in [3.63, 3.8) is 0 Å². The van der Waals surface area contributed by atoms with Crippen molar-refractivity contribution in [3.05, 3.63) is 53.2 Å². The van der Waals surface area contributed by atoms with Crippen LogP contribution in [0.2, 0.25) is 5.02 Å². The average Bonchev–Trinajstić information content (AvgIpc) is 2.33. The molecule has 0 spiro atoms. The molecule has 86 valence electrons. The Labute approximate surface area is 103 Å². The zero-order valence-electron chi connectivity index (χ0n) is 8.72. The van der Waals surface area contributed by atoms with Gasteiger partial charge in [-0.15, -0.1) is 0 Å². The van der Waals surface area contributed by atoms with Crippen LogP contribution in [0.1, 0.15) is 10.4 Å². The molecule has 1 aromatic carbocycles. The monoisotopic (exact) mass is 248 g/mol. The van der Waals surface area contributed by atoms with Crippen molar-refractivity contribution in [1.82, 2.24) is 4.98 Å². The summed E-state index contributed by atoms with van der Waals surface area (Å²) < 4.78 is 0. The second-order valence-corrected chi connectivity index (χ2v) is 3.76. The summed E-state index contributed by atoms with van der Waals surface area (Å²) in [7, 11) is 0. The van der Waals surface area contributed by atoms with Crippen molar-refractivity contribution >= 4 is 29.1 Å². The second-order valence-electron chi connectivity index (χ2n) is 3.35. The summed E-state index contributed by atoms with van der Waals surface area (Å²) in [6.07, 6.45) is 1.26. The first kappa shape index (κ1) is 11.4. The maximum atomic E-state index is 10.7. The molecule has 1 heterocycles. The van der Waals surface area contributed by atoms with E-state index in [1.54, 1.807) is 0 Å². The summed E-state index contributed by atoms with van der Waals surface area (Å²) in [5.41, 5.74) is 0.901. The number of rotatable bonds is 3. The molecule has 0 saturated carbocycles. The van der Waals surface area contributed by atoms with Crippen LogP contribution >= 0.6 is 11.6 Å². The molecule has 0 atom stereocenters. The Morgan fingerprint density at radius 2 is 2.00 bits per heavy atom. The summed E-state index contributed by atoms with van der Waals surface area (Å²) in [5, 5.41) is 12.0. The molecule has 0 aliphatic rings. The van der Waals surface area contributed by atoms with Crippen molar-refractivity contribution in [1.29, 1.82) is 0 Å². The average molecular weight is 249 g/mol. The summed E-state index contributed by atoms with van der Waals surface area (Å²) in [6, 6.07) is 10.7. The summed E-state index contributed by atoms with van der Waals surface area (Å²) in [5.74, 6) is -0.617. The Morgan fingerprint density at radius 3 is 2.59 bits per heavy atom. The third-order valence-corrected chi connectivity index (χ3v) is 2.41. The van der Waals surface area contributed by atoms with Gasteiger partial charge in [0.1, 0.15) is 5.82 Å². The van der Waals surface area contributed by atoms with Gasteiger partial charge in [-0.2, -0.15) is 0 Å². The number of carboxylic acid groups (broad SMARTS) is 1. The van der Waals surface area contributed by atoms with E-state index in [1.807, 2.05) is 30.3 Å². The van der Waals surface area contributed by atoms with Crippen LogP contribution in [-0.4, -0.2) is 16.1 Å². The third kappa shape index (κ3) is 2.73. The fourth-order valence-corrected chi connectivity index (χ4v) is 1.52. The van der Waals surface area contributed by atoms with Crippen LogP contribution in [0, 0.1) is 0 Å². The Bertz CT molecular complexity index is 543. The molecule has 2 rings (SSSR count). The number of para-hydroxylation sites is 1. The van der Waals surface area contributed by atoms with Crippen molar-refractivity contribution in [2.24, 2.45) is 0 Å². The van der Waals surface area contributed by atoms with E-state index in [2.05, 4.69) is 10.3 Å². The lowest BCUT2D eigenvalue weighted by Gasteiger charge is -2.07. The molecule has 2 aromatic rings. The van der Waals surface area contributed by atoms with Gasteiger partial charge in [0.2, 0.25) is 0 Å². The molecular weight excluding hydrogens is 240 g/mol. The van der Waals surface area contributed by atoms with Gasteiger partial charge < -0.3 is 10.4 Å². The van der Waals surface area contributed by atoms with E-state index in [0.29, 0.717) is 5.82 Å². The molecule has 5 heteroatoms. The molecule has 2 N–H and O–H groups in total. The standard InChI is InChI=1S/C12H9ClN2O2/c13-10-6-8(12(16)17)7-14-11(10)15-9-4-2-1-3-5-9/h1-7H,(H,14,15)(H,16,17). The number of benzene rings is 1. The Morgan fingerprint density at radius 1 is 1.29 bits per heavy atom. The summed E-state index contributed by atoms with van der Waals surface area (Å²) in [4.78, 5) is 14.7. The number of hydrogen-bond donors (Lipinski definition) is 2. The maximum Gasteiger partial charge on any atom is 0.337 e. The number of nitrogens with one attached hydrogen (secondary N) is 1. The van der Waals surface area contributed by atoms with Crippen LogP contribution in [-0.2, 0) is 0 Å². The van der Waals surface area contributed by atoms with Gasteiger partial charge in [-0.05, 0) is 18.2 Å². The number of anilines is 2. The highest BCUT2D eigenvalue weighted by Gasteiger charge is 2.08. The first-order valence-corrected chi connectivity index (χ1v) is 5.25. The molecule has 0 unspecified atom stereocenters. The summed E-state index contributed by atoms with van der Waals surface area (Å²) >= 11 is 5.94. The molecular formula is C12H9ClN2O2. The van der Waals surface area contributed by atoms with Crippen LogP contribution < -0.4 is 5.32 Å². The fourth-order valence-electron chi connectivity index (χ4n) is 1.31. The first-order valence-electron chi connectivity index (χ1n) is 4.88. The lowest BCUT2D eigenvalue weighted by atomic mass is 10.3. The second kappa shape index (κ2) is 4.84. The predicted octanol–water partition coefficient (Wildman–Crippen LogP) is 3.18. The van der Waals surface area contributed by atoms with E-state index >= 15 is 0 Å². The molecule has 0 fully saturated rings. The van der Waals surface area contributed by atoms with Gasteiger partial charge in [-0.25, -0.2) is 9.78 Å². The van der Waals surface area contributed by atoms with Crippen LogP contribution in [0.3, 0.4) is 0 Å². The Balaban J connectivity index is 2.26. The number of nitrogens with zero attached hydrogens (tertiary/aromatic N) is 1. The van der Waals surface area contributed by atoms with Gasteiger partial charge in [-0.1, -0.05) is 29.8 Å². The van der Waals surface area contributed by atoms with Gasteiger partial charge in [-0.3, -0.25) is 0 Å². The maximum absolute atomic E-state index is 10.7. The van der Waals surface area contributed by atoms with Crippen molar-refractivity contribution in [3.8, 4) is 0 Å². The minimum atomic E-state index is -1.05. The fraction of sp³-hybridized carbons (Fsp3) is 0. The highest BCUT2D eigenvalue weighted by molar-refractivity contribution is 6.33. The predicted molar refractivity (Wildman–Crippen MR) is 65.9 cm³/mol. The number of aromatic nitrogens is 1. The lowest BCUT2D eigenvalue weighted by molar-refractivity contribution is 0.0696. The number of carboxylic acids is 1. The van der Waals surface area contributed by atoms with Gasteiger partial charge in [0.25, 0.3) is 0 Å². The zero-order chi connectivity index (χ0) is 12.3. The summed E-state index contributed by atoms with van der Waals surface area (Å²) in [6.45, 7) is 0. The Hall–Kier alpha value is -2.07. The molecule has 0 amide bonds. The third-order valence-electron chi connectivity index (χ3n) is 2.12. The van der Waals surface area contributed by atoms with Gasteiger partial charge in [0, 0.05) is 11.9 Å². The highest BCUT2D eigenvalue weighted by atomic mass is 35.5. The van der Waals surface area contributed by atoms with Crippen molar-refractivity contribution in [2.75, 3.05) is 5.32 Å². The number of hydrogen-bond acceptors (Lipinski definition) is 3. The van der Waals surface area contributed by atoms with Crippen molar-refractivity contribution < 1.29 is 9.90 Å². The number of pyridine rings is 1. The van der Waals surface area contributed by atoms with Crippen LogP contribution in [0.4, 0.5) is 11.5 Å². The van der Waals surface area contributed by atoms with E-state index in [4.69, 9.17) is 16.7 Å². The van der Waals surface area contributed by atoms with E-state index < -0.39 is 5.97 Å². The zero-order valence-corrected chi connectivity index (χ0v) is 9.48. The first-order chi connectivity index (χ1) is 8.16. The smallest absolute Gasteiger partial charge is 0.337 e. The minimum Gasteiger partial charge on any atom is -0.478 e. The van der Waals surface area contributed by atoms with Crippen molar-refractivity contribution in [2.45, 2.75) is 0 Å². The SMILES string of the molecule is O=C(O)c1cnc(Nc2ccccc2)c(Cl)c1. The molecule has 0 aliphatic heterocycles. The normalized spacial score (nSPS) is 9.94. The quantitative estimate of drug-likeness (QED) is 0.876. The minimum absolute atomic E-state index is 0.0635. The van der Waals surface area contributed by atoms with Gasteiger partial charge in [0.05, 0.1) is 10.6 Å². The van der Waals surface area contributed by atoms with E-state index in [0.717, 1.165) is 5.69 Å². The number of carbonyl (C=O) groups is 1. The Kier molecular flexibility index (Phi) is 3.25. The van der Waals surface area contributed by atoms with Crippen LogP contribution in [0.5, 0.6) is 0 Å². The molecule has 0 saturated heterocycles. The highest BCUT2D eigenvalue weighted by Crippen LogP contribution is 2.23. The van der Waals surface area contributed by atoms with E-state index in [9.17, 15) is 4.79 Å². The molecule has 17 heavy (non-hydrogen) atoms. The van der Waals surface area contributed by atoms with Crippen LogP contribution in [0.15, 0.2) is 42.6 Å². The van der Waals surface area contributed by atoms with E-state index in [-0.39, 0.29) is 10.6 Å². The molecule has 0 bridgehead atoms. The van der Waals surface area contributed by atoms with Gasteiger partial charge >= 0.3 is 5.97 Å². The largest absolute Gasteiger partial charge is 0.478 e. The van der Waals surface area contributed by atoms with Crippen LogP contribution in [0.25, 0.3) is 0 Å². The topological polar surface area (TPSA) is 62.2 Å².